The van der Waals surface area contributed by atoms with E-state index < -0.39 is 70.0 Å². The molecule has 9 aromatic carbocycles. The number of alkyl halides is 6. The first kappa shape index (κ1) is 90.4. The Bertz CT molecular complexity index is 7840. The van der Waals surface area contributed by atoms with Crippen LogP contribution < -0.4 is 31.3 Å². The SMILES string of the molecule is [C-]#[N+]C([N+]#[C-])=C1C=c2c(c(-c3ccc(S(=O)(=O)C(F)(F)F)cc3)c3c(c2-c2ccc(S(=O)(=O)C(F)(F)F)cc2)CC(=C(C#N)C#N)C=3)C1.[C-]#[N+]C([N+]#[C-])=C1C=c2c(c(-c3ccc(S(C)(=O)=O)cc3)c3c(c2-c2ccc(S(C)(=O)=O)cc2)CC(=C(C#N)C#N)C=3)C1.[C-]#[N+]C([N+]#[C-])=C1C=c2c(c(-c3ccc([N+](=O)[O-])cc3)c3c(c2-c2ccc([N+](=O)[O-])cc2)CC(=C(C#N)C#N)C=3)C1. The quantitative estimate of drug-likeness (QED) is 0.0360. The first-order valence-corrected chi connectivity index (χ1v) is 44.1. The number of allylic oxidation sites excluding steroid dienone is 9. The Kier molecular flexibility index (Phi) is 24.1. The monoisotopic (exact) mass is 1810 g/mol. The van der Waals surface area contributed by atoms with E-state index in [1.54, 1.807) is 85.0 Å². The second-order valence-corrected chi connectivity index (χ2v) is 37.2. The molecule has 36 heteroatoms. The van der Waals surface area contributed by atoms with Gasteiger partial charge < -0.3 is 0 Å². The molecule has 15 rings (SSSR count). The Balaban J connectivity index is 0.000000167. The number of sulfone groups is 4. The van der Waals surface area contributed by atoms with E-state index in [9.17, 15) is 112 Å². The topological polar surface area (TPSA) is 392 Å². The fourth-order valence-electron chi connectivity index (χ4n) is 16.2. The normalized spacial score (nSPS) is 13.3. The van der Waals surface area contributed by atoms with Gasteiger partial charge in [0.15, 0.2) is 19.7 Å². The van der Waals surface area contributed by atoms with Crippen LogP contribution in [0.5, 0.6) is 0 Å². The van der Waals surface area contributed by atoms with Gasteiger partial charge in [-0.1, -0.05) is 66.8 Å². The van der Waals surface area contributed by atoms with Gasteiger partial charge in [0.2, 0.25) is 0 Å². The summed E-state index contributed by atoms with van der Waals surface area (Å²) in [5.41, 5.74) is 1.50. The van der Waals surface area contributed by atoms with Crippen molar-refractivity contribution in [3.8, 4) is 103 Å². The van der Waals surface area contributed by atoms with Gasteiger partial charge in [-0.05, 0) is 258 Å². The van der Waals surface area contributed by atoms with Crippen molar-refractivity contribution in [2.24, 2.45) is 0 Å². The summed E-state index contributed by atoms with van der Waals surface area (Å²) in [5.74, 6) is -0.465. The molecular weight excluding hydrogens is 1760 g/mol. The summed E-state index contributed by atoms with van der Waals surface area (Å²) in [6.45, 7) is 44.9. The summed E-state index contributed by atoms with van der Waals surface area (Å²) in [6, 6.07) is 43.8. The molecule has 0 aliphatic heterocycles. The number of nitrogens with zero attached hydrogens (tertiary/aromatic N) is 14. The molecule has 0 heterocycles. The predicted octanol–water partition coefficient (Wildman–Crippen LogP) is 14.5. The number of hydrogen-bond acceptors (Lipinski definition) is 18. The van der Waals surface area contributed by atoms with Gasteiger partial charge in [-0.3, -0.25) is 20.2 Å². The van der Waals surface area contributed by atoms with E-state index in [-0.39, 0.29) is 116 Å². The maximum atomic E-state index is 13.2. The highest BCUT2D eigenvalue weighted by Gasteiger charge is 2.48. The predicted molar refractivity (Wildman–Crippen MR) is 460 cm³/mol. The van der Waals surface area contributed by atoms with E-state index in [4.69, 9.17) is 39.4 Å². The van der Waals surface area contributed by atoms with Crippen LogP contribution in [0, 0.1) is 128 Å². The molecule has 0 spiro atoms. The van der Waals surface area contributed by atoms with Gasteiger partial charge in [-0.2, -0.15) is 87.0 Å². The number of halogens is 6. The number of fused-ring (bicyclic) bond motifs is 6. The van der Waals surface area contributed by atoms with Crippen molar-refractivity contribution in [1.82, 2.24) is 0 Å². The lowest BCUT2D eigenvalue weighted by Crippen LogP contribution is -2.24. The second-order valence-electron chi connectivity index (χ2n) is 29.3. The molecule has 0 N–H and O–H groups in total. The van der Waals surface area contributed by atoms with Crippen molar-refractivity contribution in [3.63, 3.8) is 0 Å². The van der Waals surface area contributed by atoms with Crippen molar-refractivity contribution in [2.45, 2.75) is 69.1 Å². The number of hydrogen-bond donors (Lipinski definition) is 0. The fourth-order valence-corrected chi connectivity index (χ4v) is 19.0. The highest BCUT2D eigenvalue weighted by atomic mass is 32.2. The molecular formula is C94H48F6N14O12S4. The average molecular weight is 1810 g/mol. The van der Waals surface area contributed by atoms with Gasteiger partial charge in [0.25, 0.3) is 31.0 Å². The van der Waals surface area contributed by atoms with Crippen LogP contribution in [0.2, 0.25) is 0 Å². The van der Waals surface area contributed by atoms with Gasteiger partial charge in [0.05, 0.1) is 46.1 Å². The first-order valence-electron chi connectivity index (χ1n) is 37.3. The minimum absolute atomic E-state index is 0.0315. The number of benzene rings is 9. The first-order chi connectivity index (χ1) is 61.6. The third-order valence-electron chi connectivity index (χ3n) is 22.0. The van der Waals surface area contributed by atoms with Crippen LogP contribution in [0.25, 0.3) is 132 Å². The third-order valence-corrected chi connectivity index (χ3v) is 27.3. The molecule has 130 heavy (non-hydrogen) atoms. The van der Waals surface area contributed by atoms with Crippen molar-refractivity contribution in [3.05, 3.63) is 367 Å². The van der Waals surface area contributed by atoms with Crippen LogP contribution in [0.3, 0.4) is 0 Å². The van der Waals surface area contributed by atoms with Crippen LogP contribution in [0.1, 0.15) is 33.4 Å². The molecule has 632 valence electrons. The fraction of sp³-hybridized carbons (Fsp3) is 0.106. The molecule has 0 radical (unpaired) electrons. The van der Waals surface area contributed by atoms with Crippen LogP contribution in [0.4, 0.5) is 37.7 Å². The lowest BCUT2D eigenvalue weighted by atomic mass is 9.87. The van der Waals surface area contributed by atoms with Gasteiger partial charge in [-0.25, -0.2) is 33.7 Å². The number of nitriles is 6. The summed E-state index contributed by atoms with van der Waals surface area (Å²) < 4.78 is 176. The minimum atomic E-state index is -5.70. The number of nitro groups is 2. The molecule has 0 amide bonds. The average Bonchev–Trinajstić information content (AvgIpc) is 1.56. The maximum absolute atomic E-state index is 13.2. The lowest BCUT2D eigenvalue weighted by Gasteiger charge is -2.17. The minimum Gasteiger partial charge on any atom is -0.258 e. The Morgan fingerprint density at radius 1 is 0.308 bits per heavy atom. The molecule has 0 unspecified atom stereocenters. The van der Waals surface area contributed by atoms with Crippen LogP contribution >= 0.6 is 0 Å². The Hall–Kier alpha value is -17.3. The van der Waals surface area contributed by atoms with Gasteiger partial charge >= 0.3 is 28.5 Å². The Morgan fingerprint density at radius 3 is 0.638 bits per heavy atom. The summed E-state index contributed by atoms with van der Waals surface area (Å²) in [6.07, 6.45) is 13.1. The zero-order valence-electron chi connectivity index (χ0n) is 66.6. The summed E-state index contributed by atoms with van der Waals surface area (Å²) >= 11 is 0. The third kappa shape index (κ3) is 16.4. The highest BCUT2D eigenvalue weighted by Crippen LogP contribution is 2.43. The Morgan fingerprint density at radius 2 is 0.477 bits per heavy atom. The van der Waals surface area contributed by atoms with E-state index in [0.717, 1.165) is 116 Å². The zero-order chi connectivity index (χ0) is 94.3. The van der Waals surface area contributed by atoms with Crippen molar-refractivity contribution >= 4 is 87.2 Å². The largest absolute Gasteiger partial charge is 0.522 e. The molecule has 6 aliphatic rings. The van der Waals surface area contributed by atoms with Crippen molar-refractivity contribution in [2.75, 3.05) is 12.5 Å². The Labute approximate surface area is 735 Å². The van der Waals surface area contributed by atoms with Gasteiger partial charge in [0, 0.05) is 56.0 Å². The second kappa shape index (κ2) is 34.7. The molecule has 0 aromatic heterocycles. The standard InChI is InChI=1S/C32H14F6N4O4S2.C32H20N4O4S2.C30H14N6O4/c1-41-30(42-2)20-13-26-27(14-20)29(18-5-9-23(10-6-18)48(45,46)32(36,37)38)25-12-19(21(15-39)16-40)11-24(25)28(26)17-3-7-22(8-4-17)47(43,44)31(33,34)35;1-35-32(36-2)22-15-28-29(16-22)31(20-7-11-25(12-8-20)42(4,39)40)27-14-21(23(17-33)18-34)13-26(27)30(28)19-5-9-24(10-6-19)41(3,37)38;1-33-30(34-2)20-13-26-27(14-20)29(18-5-9-23(10-6-18)36(39)40)25-12-19(21(15-31)16-32)11-24(25)28(26)17-3-7-22(8-4-17)35(37)38/h3-11,14H,12-13H2;5-13,16H,14-15H2,3-4H3;3-11,14H,12-13H2. The molecule has 0 bridgehead atoms. The van der Waals surface area contributed by atoms with Crippen LogP contribution in [-0.4, -0.2) is 67.0 Å². The molecule has 0 saturated carbocycles. The maximum Gasteiger partial charge on any atom is 0.522 e. The number of nitro benzene ring substituents is 2. The summed E-state index contributed by atoms with van der Waals surface area (Å²) in [5, 5.41) is 83.7. The summed E-state index contributed by atoms with van der Waals surface area (Å²) in [7, 11) is -18.3. The van der Waals surface area contributed by atoms with Gasteiger partial charge in [-0.15, -0.1) is 0 Å². The molecule has 6 aliphatic carbocycles. The molecule has 26 nitrogen and oxygen atoms in total. The van der Waals surface area contributed by atoms with Crippen LogP contribution in [-0.2, 0) is 77.9 Å². The highest BCUT2D eigenvalue weighted by molar-refractivity contribution is 7.92. The van der Waals surface area contributed by atoms with Crippen molar-refractivity contribution in [1.29, 1.82) is 31.6 Å². The number of non-ortho nitro benzene ring substituents is 2. The van der Waals surface area contributed by atoms with E-state index in [0.29, 0.717) is 87.7 Å². The van der Waals surface area contributed by atoms with E-state index in [1.165, 1.54) is 60.7 Å². The summed E-state index contributed by atoms with van der Waals surface area (Å²) in [4.78, 5) is 39.9. The van der Waals surface area contributed by atoms with Gasteiger partial charge in [0.1, 0.15) is 92.6 Å². The molecule has 9 aromatic rings. The smallest absolute Gasteiger partial charge is 0.258 e. The number of rotatable bonds is 12. The van der Waals surface area contributed by atoms with Crippen molar-refractivity contribution < 1.29 is 69.9 Å². The van der Waals surface area contributed by atoms with E-state index in [2.05, 4.69) is 29.1 Å². The molecule has 0 atom stereocenters. The zero-order valence-corrected chi connectivity index (χ0v) is 69.9. The van der Waals surface area contributed by atoms with Crippen LogP contribution in [0.15, 0.2) is 233 Å². The molecule has 0 fully saturated rings. The van der Waals surface area contributed by atoms with E-state index >= 15 is 0 Å². The van der Waals surface area contributed by atoms with E-state index in [1.807, 2.05) is 24.3 Å². The lowest BCUT2D eigenvalue weighted by molar-refractivity contribution is -0.385. The molecule has 0 saturated heterocycles.